The van der Waals surface area contributed by atoms with Crippen LogP contribution in [0.5, 0.6) is 0 Å². The van der Waals surface area contributed by atoms with Gasteiger partial charge in [0.1, 0.15) is 5.54 Å². The Labute approximate surface area is 172 Å². The molecule has 0 aliphatic carbocycles. The highest BCUT2D eigenvalue weighted by Gasteiger charge is 2.48. The van der Waals surface area contributed by atoms with Gasteiger partial charge in [0.25, 0.3) is 11.6 Å². The molecule has 1 atom stereocenters. The van der Waals surface area contributed by atoms with Crippen LogP contribution in [-0.2, 0) is 11.2 Å². The van der Waals surface area contributed by atoms with E-state index in [4.69, 9.17) is 12.2 Å². The van der Waals surface area contributed by atoms with E-state index in [1.54, 1.807) is 6.92 Å². The summed E-state index contributed by atoms with van der Waals surface area (Å²) in [6.07, 6.45) is 1.06. The fraction of sp³-hybridized carbons (Fsp3) is 0.211. The molecule has 3 amide bonds. The molecule has 9 nitrogen and oxygen atoms in total. The minimum absolute atomic E-state index is 0.00895. The van der Waals surface area contributed by atoms with Crippen molar-refractivity contribution in [3.8, 4) is 0 Å². The Bertz CT molecular complexity index is 951. The largest absolute Gasteiger partial charge is 0.344 e. The number of amides is 3. The van der Waals surface area contributed by atoms with Gasteiger partial charge >= 0.3 is 6.03 Å². The molecule has 0 bridgehead atoms. The highest BCUT2D eigenvalue weighted by molar-refractivity contribution is 7.80. The number of nitrogens with one attached hydrogen (secondary N) is 3. The Morgan fingerprint density at radius 2 is 1.83 bits per heavy atom. The van der Waals surface area contributed by atoms with E-state index in [2.05, 4.69) is 16.1 Å². The molecule has 29 heavy (non-hydrogen) atoms. The summed E-state index contributed by atoms with van der Waals surface area (Å²) in [5.41, 5.74) is 3.01. The molecule has 3 rings (SSSR count). The van der Waals surface area contributed by atoms with Crippen molar-refractivity contribution in [1.29, 1.82) is 0 Å². The predicted molar refractivity (Wildman–Crippen MR) is 111 cm³/mol. The molecule has 10 heteroatoms. The van der Waals surface area contributed by atoms with Crippen molar-refractivity contribution in [2.24, 2.45) is 0 Å². The van der Waals surface area contributed by atoms with Crippen molar-refractivity contribution < 1.29 is 14.5 Å². The van der Waals surface area contributed by atoms with E-state index >= 15 is 0 Å². The van der Waals surface area contributed by atoms with Crippen molar-refractivity contribution in [2.75, 3.05) is 5.32 Å². The number of benzene rings is 2. The number of aryl methyl sites for hydroxylation is 1. The molecule has 0 radical (unpaired) electrons. The number of nitrogens with zero attached hydrogens (tertiary/aromatic N) is 2. The van der Waals surface area contributed by atoms with Gasteiger partial charge in [0.05, 0.1) is 4.92 Å². The van der Waals surface area contributed by atoms with E-state index in [9.17, 15) is 19.7 Å². The van der Waals surface area contributed by atoms with Gasteiger partial charge in [-0.3, -0.25) is 20.3 Å². The summed E-state index contributed by atoms with van der Waals surface area (Å²) < 4.78 is 0. The van der Waals surface area contributed by atoms with E-state index in [-0.39, 0.29) is 10.8 Å². The number of hydrogen-bond acceptors (Lipinski definition) is 5. The topological polar surface area (TPSA) is 117 Å². The Morgan fingerprint density at radius 1 is 1.17 bits per heavy atom. The minimum Gasteiger partial charge on any atom is -0.331 e. The van der Waals surface area contributed by atoms with Gasteiger partial charge in [0.15, 0.2) is 5.11 Å². The third-order valence-electron chi connectivity index (χ3n) is 4.57. The summed E-state index contributed by atoms with van der Waals surface area (Å²) in [6.45, 7) is 1.67. The number of nitro groups is 1. The van der Waals surface area contributed by atoms with Gasteiger partial charge in [-0.25, -0.2) is 4.79 Å². The average Bonchev–Trinajstić information content (AvgIpc) is 2.91. The van der Waals surface area contributed by atoms with Crippen molar-refractivity contribution in [3.63, 3.8) is 0 Å². The van der Waals surface area contributed by atoms with Gasteiger partial charge < -0.3 is 10.6 Å². The summed E-state index contributed by atoms with van der Waals surface area (Å²) in [5, 5.41) is 17.0. The summed E-state index contributed by atoms with van der Waals surface area (Å²) in [5.74, 6) is -0.439. The van der Waals surface area contributed by atoms with Crippen LogP contribution < -0.4 is 16.1 Å². The van der Waals surface area contributed by atoms with Crippen LogP contribution in [0.1, 0.15) is 18.9 Å². The van der Waals surface area contributed by atoms with Gasteiger partial charge in [-0.05, 0) is 49.7 Å². The second-order valence-electron chi connectivity index (χ2n) is 6.76. The molecule has 1 fully saturated rings. The molecule has 1 saturated heterocycles. The van der Waals surface area contributed by atoms with Gasteiger partial charge in [0, 0.05) is 17.8 Å². The Kier molecular flexibility index (Phi) is 5.74. The van der Waals surface area contributed by atoms with Crippen molar-refractivity contribution in [2.45, 2.75) is 25.3 Å². The zero-order valence-electron chi connectivity index (χ0n) is 15.5. The van der Waals surface area contributed by atoms with Gasteiger partial charge in [0.2, 0.25) is 0 Å². The van der Waals surface area contributed by atoms with Crippen molar-refractivity contribution in [1.82, 2.24) is 15.8 Å². The molecule has 2 aromatic carbocycles. The summed E-state index contributed by atoms with van der Waals surface area (Å²) in [6, 6.07) is 14.7. The van der Waals surface area contributed by atoms with Gasteiger partial charge in [-0.2, -0.15) is 5.01 Å². The Hall–Kier alpha value is -3.53. The maximum atomic E-state index is 12.8. The van der Waals surface area contributed by atoms with Crippen LogP contribution in [0.4, 0.5) is 16.2 Å². The molecule has 1 aliphatic rings. The first-order valence-corrected chi connectivity index (χ1v) is 9.22. The van der Waals surface area contributed by atoms with Gasteiger partial charge in [-0.15, -0.1) is 0 Å². The molecule has 1 heterocycles. The lowest BCUT2D eigenvalue weighted by Crippen LogP contribution is -2.50. The van der Waals surface area contributed by atoms with E-state index in [1.165, 1.54) is 24.3 Å². The number of anilines is 1. The standard InChI is InChI=1S/C19H19N5O4S/c1-19(12-11-13-5-3-2-4-6-13)16(25)23(18(26)21-19)22-17(29)20-14-7-9-15(10-8-14)24(27)28/h2-10H,11-12H2,1H3,(H,21,26)(H2,20,22,29)/t19-/m1/s1. The number of nitro benzene ring substituents is 1. The normalized spacial score (nSPS) is 18.3. The molecule has 0 unspecified atom stereocenters. The first kappa shape index (κ1) is 20.2. The number of carbonyl (C=O) groups is 2. The van der Waals surface area contributed by atoms with Crippen LogP contribution >= 0.6 is 12.2 Å². The number of carbonyl (C=O) groups excluding carboxylic acids is 2. The average molecular weight is 413 g/mol. The third-order valence-corrected chi connectivity index (χ3v) is 4.76. The molecule has 150 valence electrons. The van der Waals surface area contributed by atoms with Crippen molar-refractivity contribution >= 4 is 40.6 Å². The SMILES string of the molecule is C[C@]1(CCc2ccccc2)NC(=O)N(NC(=S)Nc2ccc([N+](=O)[O-])cc2)C1=O. The number of urea groups is 1. The summed E-state index contributed by atoms with van der Waals surface area (Å²) in [4.78, 5) is 35.3. The quantitative estimate of drug-likeness (QED) is 0.288. The Balaban J connectivity index is 1.60. The predicted octanol–water partition coefficient (Wildman–Crippen LogP) is 2.74. The fourth-order valence-electron chi connectivity index (χ4n) is 2.92. The molecule has 0 saturated carbocycles. The maximum absolute atomic E-state index is 12.8. The number of imide groups is 1. The number of hydrogen-bond donors (Lipinski definition) is 3. The highest BCUT2D eigenvalue weighted by atomic mass is 32.1. The number of rotatable bonds is 6. The first-order valence-electron chi connectivity index (χ1n) is 8.81. The molecular formula is C19H19N5O4S. The van der Waals surface area contributed by atoms with E-state index in [0.717, 1.165) is 10.6 Å². The molecule has 1 aliphatic heterocycles. The molecule has 0 spiro atoms. The number of thiocarbonyl (C=S) groups is 1. The van der Waals surface area contributed by atoms with Crippen LogP contribution in [-0.4, -0.2) is 32.5 Å². The summed E-state index contributed by atoms with van der Waals surface area (Å²) in [7, 11) is 0. The van der Waals surface area contributed by atoms with Crippen LogP contribution in [0.25, 0.3) is 0 Å². The maximum Gasteiger partial charge on any atom is 0.344 e. The van der Waals surface area contributed by atoms with E-state index < -0.39 is 22.4 Å². The lowest BCUT2D eigenvalue weighted by molar-refractivity contribution is -0.384. The second-order valence-corrected chi connectivity index (χ2v) is 7.17. The Morgan fingerprint density at radius 3 is 2.45 bits per heavy atom. The van der Waals surface area contributed by atoms with E-state index in [1.807, 2.05) is 30.3 Å². The molecule has 3 N–H and O–H groups in total. The third kappa shape index (κ3) is 4.66. The molecule has 2 aromatic rings. The van der Waals surface area contributed by atoms with Crippen LogP contribution in [0, 0.1) is 10.1 Å². The lowest BCUT2D eigenvalue weighted by Gasteiger charge is -2.22. The number of non-ortho nitro benzene ring substituents is 1. The van der Waals surface area contributed by atoms with Crippen LogP contribution in [0.2, 0.25) is 0 Å². The van der Waals surface area contributed by atoms with Gasteiger partial charge in [-0.1, -0.05) is 30.3 Å². The van der Waals surface area contributed by atoms with Crippen molar-refractivity contribution in [3.05, 3.63) is 70.3 Å². The zero-order valence-corrected chi connectivity index (χ0v) is 16.4. The highest BCUT2D eigenvalue weighted by Crippen LogP contribution is 2.22. The molecular weight excluding hydrogens is 394 g/mol. The lowest BCUT2D eigenvalue weighted by atomic mass is 9.93. The van der Waals surface area contributed by atoms with Crippen LogP contribution in [0.15, 0.2) is 54.6 Å². The zero-order chi connectivity index (χ0) is 21.0. The fourth-order valence-corrected chi connectivity index (χ4v) is 3.13. The smallest absolute Gasteiger partial charge is 0.331 e. The van der Waals surface area contributed by atoms with E-state index in [0.29, 0.717) is 18.5 Å². The molecule has 0 aromatic heterocycles. The number of hydrazine groups is 1. The summed E-state index contributed by atoms with van der Waals surface area (Å²) >= 11 is 5.15. The monoisotopic (exact) mass is 413 g/mol. The first-order chi connectivity index (χ1) is 13.8. The second kappa shape index (κ2) is 8.23. The van der Waals surface area contributed by atoms with Crippen LogP contribution in [0.3, 0.4) is 0 Å². The minimum atomic E-state index is -1.05.